The van der Waals surface area contributed by atoms with Gasteiger partial charge in [0.05, 0.1) is 4.75 Å². The van der Waals surface area contributed by atoms with Crippen LogP contribution >= 0.6 is 0 Å². The van der Waals surface area contributed by atoms with Crippen LogP contribution in [0.4, 0.5) is 5.69 Å². The van der Waals surface area contributed by atoms with E-state index in [1.165, 1.54) is 6.07 Å². The van der Waals surface area contributed by atoms with E-state index in [4.69, 9.17) is 0 Å². The number of carbonyl (C=O) groups is 1. The van der Waals surface area contributed by atoms with Crippen molar-refractivity contribution in [1.29, 1.82) is 0 Å². The highest BCUT2D eigenvalue weighted by Crippen LogP contribution is 2.19. The molecule has 0 saturated carbocycles. The van der Waals surface area contributed by atoms with Crippen molar-refractivity contribution >= 4 is 22.0 Å². The van der Waals surface area contributed by atoms with Crippen LogP contribution in [0.25, 0.3) is 0 Å². The number of nitrogens with one attached hydrogen (secondary N) is 1. The number of anilines is 1. The smallest absolute Gasteiger partial charge is 0.237 e. The molecule has 5 heteroatoms. The lowest BCUT2D eigenvalue weighted by atomic mass is 10.2. The molecule has 0 aliphatic carbocycles. The van der Waals surface area contributed by atoms with E-state index >= 15 is 0 Å². The van der Waals surface area contributed by atoms with Gasteiger partial charge >= 0.3 is 0 Å². The van der Waals surface area contributed by atoms with Gasteiger partial charge in [-0.05, 0) is 32.9 Å². The van der Waals surface area contributed by atoms with Crippen molar-refractivity contribution in [2.45, 2.75) is 25.5 Å². The van der Waals surface area contributed by atoms with Gasteiger partial charge in [0, 0.05) is 11.3 Å². The van der Waals surface area contributed by atoms with E-state index < -0.39 is 14.8 Å². The third-order valence-electron chi connectivity index (χ3n) is 2.08. The molecule has 0 aliphatic heterocycles. The second-order valence-corrected chi connectivity index (χ2v) is 6.90. The van der Waals surface area contributed by atoms with Crippen molar-refractivity contribution in [1.82, 2.24) is 0 Å². The summed E-state index contributed by atoms with van der Waals surface area (Å²) in [6.45, 7) is 4.83. The first-order chi connectivity index (χ1) is 7.26. The third kappa shape index (κ3) is 2.82. The summed E-state index contributed by atoms with van der Waals surface area (Å²) in [6.07, 6.45) is 0.675. The van der Waals surface area contributed by atoms with E-state index in [0.717, 1.165) is 0 Å². The quantitative estimate of drug-likeness (QED) is 0.824. The minimum absolute atomic E-state index is 0.402. The van der Waals surface area contributed by atoms with Gasteiger partial charge < -0.3 is 0 Å². The highest BCUT2D eigenvalue weighted by molar-refractivity contribution is 7.94. The molecule has 0 bridgehead atoms. The van der Waals surface area contributed by atoms with Crippen LogP contribution in [0.3, 0.4) is 0 Å². The number of benzene rings is 1. The Morgan fingerprint density at radius 2 is 1.88 bits per heavy atom. The molecule has 0 atom stereocenters. The maximum absolute atomic E-state index is 11.8. The van der Waals surface area contributed by atoms with Crippen LogP contribution in [-0.2, 0) is 10.0 Å². The number of sulfonamides is 1. The number of hydrogen-bond acceptors (Lipinski definition) is 3. The minimum atomic E-state index is -3.44. The molecule has 0 spiro atoms. The Kier molecular flexibility index (Phi) is 3.38. The average Bonchev–Trinajstić information content (AvgIpc) is 2.15. The summed E-state index contributed by atoms with van der Waals surface area (Å²) in [5, 5.41) is 0. The van der Waals surface area contributed by atoms with Crippen molar-refractivity contribution in [2.24, 2.45) is 0 Å². The maximum Gasteiger partial charge on any atom is 0.237 e. The number of carbonyl (C=O) groups excluding carboxylic acids is 1. The van der Waals surface area contributed by atoms with Crippen molar-refractivity contribution < 1.29 is 13.2 Å². The van der Waals surface area contributed by atoms with Crippen molar-refractivity contribution in [3.05, 3.63) is 29.8 Å². The van der Waals surface area contributed by atoms with E-state index in [1.807, 2.05) is 0 Å². The van der Waals surface area contributed by atoms with Gasteiger partial charge in [-0.1, -0.05) is 12.1 Å². The molecule has 0 aliphatic rings. The first-order valence-corrected chi connectivity index (χ1v) is 6.32. The van der Waals surface area contributed by atoms with Crippen LogP contribution in [-0.4, -0.2) is 19.5 Å². The summed E-state index contributed by atoms with van der Waals surface area (Å²) in [5.74, 6) is 0. The Hall–Kier alpha value is -1.36. The summed E-state index contributed by atoms with van der Waals surface area (Å²) in [7, 11) is -3.44. The first-order valence-electron chi connectivity index (χ1n) is 4.84. The second kappa shape index (κ2) is 4.25. The van der Waals surface area contributed by atoms with Gasteiger partial charge in [0.2, 0.25) is 10.0 Å². The monoisotopic (exact) mass is 241 g/mol. The molecule has 0 saturated heterocycles. The van der Waals surface area contributed by atoms with Gasteiger partial charge in [0.25, 0.3) is 0 Å². The molecule has 0 aromatic heterocycles. The molecule has 4 nitrogen and oxygen atoms in total. The van der Waals surface area contributed by atoms with Gasteiger partial charge in [-0.15, -0.1) is 0 Å². The zero-order valence-electron chi connectivity index (χ0n) is 9.52. The Morgan fingerprint density at radius 1 is 1.25 bits per heavy atom. The van der Waals surface area contributed by atoms with Crippen LogP contribution in [0.2, 0.25) is 0 Å². The number of aldehydes is 1. The van der Waals surface area contributed by atoms with E-state index in [2.05, 4.69) is 4.72 Å². The summed E-state index contributed by atoms with van der Waals surface area (Å²) in [4.78, 5) is 10.5. The number of hydrogen-bond donors (Lipinski definition) is 1. The fourth-order valence-electron chi connectivity index (χ4n) is 0.984. The lowest BCUT2D eigenvalue weighted by molar-refractivity contribution is 0.112. The van der Waals surface area contributed by atoms with Crippen LogP contribution < -0.4 is 4.72 Å². The highest BCUT2D eigenvalue weighted by atomic mass is 32.2. The molecule has 88 valence electrons. The average molecular weight is 241 g/mol. The fourth-order valence-corrected chi connectivity index (χ4v) is 1.73. The normalized spacial score (nSPS) is 12.2. The predicted octanol–water partition coefficient (Wildman–Crippen LogP) is 2.04. The predicted molar refractivity (Wildman–Crippen MR) is 64.1 cm³/mol. The first kappa shape index (κ1) is 12.7. The molecule has 1 rings (SSSR count). The van der Waals surface area contributed by atoms with Crippen molar-refractivity contribution in [3.63, 3.8) is 0 Å². The standard InChI is InChI=1S/C11H15NO3S/c1-11(2,3)16(14,15)12-10-6-4-5-9(7-10)8-13/h4-8,12H,1-3H3. The van der Waals surface area contributed by atoms with E-state index in [-0.39, 0.29) is 0 Å². The van der Waals surface area contributed by atoms with E-state index in [1.54, 1.807) is 39.0 Å². The van der Waals surface area contributed by atoms with Gasteiger partial charge in [-0.25, -0.2) is 8.42 Å². The lowest BCUT2D eigenvalue weighted by Crippen LogP contribution is -2.33. The maximum atomic E-state index is 11.8. The molecular weight excluding hydrogens is 226 g/mol. The molecule has 16 heavy (non-hydrogen) atoms. The lowest BCUT2D eigenvalue weighted by Gasteiger charge is -2.20. The summed E-state index contributed by atoms with van der Waals surface area (Å²) >= 11 is 0. The number of rotatable bonds is 3. The molecule has 1 aromatic carbocycles. The summed E-state index contributed by atoms with van der Waals surface area (Å²) in [6, 6.07) is 6.35. The van der Waals surface area contributed by atoms with Gasteiger partial charge in [-0.2, -0.15) is 0 Å². The van der Waals surface area contributed by atoms with Gasteiger partial charge in [0.15, 0.2) is 0 Å². The van der Waals surface area contributed by atoms with E-state index in [0.29, 0.717) is 17.5 Å². The summed E-state index contributed by atoms with van der Waals surface area (Å²) < 4.78 is 25.2. The molecule has 1 aromatic rings. The van der Waals surface area contributed by atoms with Crippen LogP contribution in [0.15, 0.2) is 24.3 Å². The Bertz CT molecular complexity index is 486. The van der Waals surface area contributed by atoms with Crippen molar-refractivity contribution in [3.8, 4) is 0 Å². The molecular formula is C11H15NO3S. The van der Waals surface area contributed by atoms with Crippen LogP contribution in [0.5, 0.6) is 0 Å². The van der Waals surface area contributed by atoms with Gasteiger partial charge in [0.1, 0.15) is 6.29 Å². The topological polar surface area (TPSA) is 63.2 Å². The Labute approximate surface area is 95.7 Å². The van der Waals surface area contributed by atoms with Crippen LogP contribution in [0.1, 0.15) is 31.1 Å². The molecule has 0 unspecified atom stereocenters. The molecule has 0 radical (unpaired) electrons. The SMILES string of the molecule is CC(C)(C)S(=O)(=O)Nc1cccc(C=O)c1. The molecule has 0 fully saturated rings. The minimum Gasteiger partial charge on any atom is -0.298 e. The largest absolute Gasteiger partial charge is 0.298 e. The summed E-state index contributed by atoms with van der Waals surface area (Å²) in [5.41, 5.74) is 0.841. The zero-order valence-corrected chi connectivity index (χ0v) is 10.3. The van der Waals surface area contributed by atoms with E-state index in [9.17, 15) is 13.2 Å². The second-order valence-electron chi connectivity index (χ2n) is 4.46. The third-order valence-corrected chi connectivity index (χ3v) is 4.20. The van der Waals surface area contributed by atoms with Crippen molar-refractivity contribution in [2.75, 3.05) is 4.72 Å². The Balaban J connectivity index is 3.02. The fraction of sp³-hybridized carbons (Fsp3) is 0.364. The molecule has 0 heterocycles. The molecule has 0 amide bonds. The Morgan fingerprint density at radius 3 is 2.38 bits per heavy atom. The van der Waals surface area contributed by atoms with Gasteiger partial charge in [-0.3, -0.25) is 9.52 Å². The zero-order chi connectivity index (χ0) is 12.4. The van der Waals surface area contributed by atoms with Crippen LogP contribution in [0, 0.1) is 0 Å². The molecule has 1 N–H and O–H groups in total. The highest BCUT2D eigenvalue weighted by Gasteiger charge is 2.28.